The lowest BCUT2D eigenvalue weighted by atomic mass is 10.1. The van der Waals surface area contributed by atoms with Crippen LogP contribution in [-0.4, -0.2) is 35.7 Å². The number of benzene rings is 1. The molecule has 6 heteroatoms. The van der Waals surface area contributed by atoms with E-state index in [9.17, 15) is 14.7 Å². The smallest absolute Gasteiger partial charge is 0.328 e. The molecule has 2 rings (SSSR count). The van der Waals surface area contributed by atoms with Gasteiger partial charge in [-0.1, -0.05) is 18.2 Å². The van der Waals surface area contributed by atoms with E-state index in [1.54, 1.807) is 0 Å². The highest BCUT2D eigenvalue weighted by Gasteiger charge is 2.25. The molecule has 1 aliphatic rings. The predicted molar refractivity (Wildman–Crippen MR) is 83.0 cm³/mol. The van der Waals surface area contributed by atoms with Crippen molar-refractivity contribution in [1.82, 2.24) is 0 Å². The van der Waals surface area contributed by atoms with Crippen molar-refractivity contribution in [3.8, 4) is 5.75 Å². The molecule has 1 unspecified atom stereocenters. The summed E-state index contributed by atoms with van der Waals surface area (Å²) in [5, 5.41) is 19.6. The van der Waals surface area contributed by atoms with Gasteiger partial charge >= 0.3 is 5.97 Å². The molecule has 1 aromatic carbocycles. The fourth-order valence-electron chi connectivity index (χ4n) is 2.19. The van der Waals surface area contributed by atoms with E-state index >= 15 is 0 Å². The van der Waals surface area contributed by atoms with Gasteiger partial charge in [-0.05, 0) is 38.0 Å². The predicted octanol–water partition coefficient (Wildman–Crippen LogP) is -0.353. The van der Waals surface area contributed by atoms with Gasteiger partial charge in [0.25, 0.3) is 0 Å². The fourth-order valence-corrected chi connectivity index (χ4v) is 2.19. The lowest BCUT2D eigenvalue weighted by Gasteiger charge is -2.11. The Labute approximate surface area is 135 Å². The standard InChI is InChI=1S/C13H19NO.C4H4O4/c1-9(2)14-8-12-7-11-6-4-5-10(3)13(11)15-12;5-3(6)1-2-4(7)8/h4-6,9,12,14H,7-8H2,1-3H3;1-2H,(H,5,6)(H,7,8)/b;2-1-. The van der Waals surface area contributed by atoms with E-state index in [1.807, 2.05) is 0 Å². The lowest BCUT2D eigenvalue weighted by molar-refractivity contribution is -0.687. The van der Waals surface area contributed by atoms with Crippen LogP contribution in [0, 0.1) is 6.92 Å². The first-order chi connectivity index (χ1) is 10.8. The van der Waals surface area contributed by atoms with E-state index in [0.29, 0.717) is 24.3 Å². The number of carbonyl (C=O) groups is 2. The third-order valence-corrected chi connectivity index (χ3v) is 3.26. The number of rotatable bonds is 5. The van der Waals surface area contributed by atoms with Crippen molar-refractivity contribution in [3.63, 3.8) is 0 Å². The van der Waals surface area contributed by atoms with Gasteiger partial charge in [0.15, 0.2) is 6.10 Å². The topological polar surface area (TPSA) is 103 Å². The average Bonchev–Trinajstić information content (AvgIpc) is 2.88. The quantitative estimate of drug-likeness (QED) is 0.721. The first-order valence-corrected chi connectivity index (χ1v) is 7.50. The van der Waals surface area contributed by atoms with Crippen molar-refractivity contribution in [1.29, 1.82) is 0 Å². The Morgan fingerprint density at radius 3 is 2.61 bits per heavy atom. The number of aryl methyl sites for hydroxylation is 1. The summed E-state index contributed by atoms with van der Waals surface area (Å²) in [5.74, 6) is -1.68. The molecule has 23 heavy (non-hydrogen) atoms. The molecular weight excluding hydrogens is 298 g/mol. The summed E-state index contributed by atoms with van der Waals surface area (Å²) in [4.78, 5) is 19.0. The van der Waals surface area contributed by atoms with E-state index in [0.717, 1.165) is 18.7 Å². The van der Waals surface area contributed by atoms with Gasteiger partial charge < -0.3 is 25.1 Å². The highest BCUT2D eigenvalue weighted by atomic mass is 16.5. The number of carboxylic acids is 2. The van der Waals surface area contributed by atoms with Crippen LogP contribution in [-0.2, 0) is 16.0 Å². The van der Waals surface area contributed by atoms with Crippen molar-refractivity contribution >= 4 is 11.9 Å². The summed E-state index contributed by atoms with van der Waals surface area (Å²) < 4.78 is 5.96. The molecular formula is C17H23NO5. The van der Waals surface area contributed by atoms with Crippen LogP contribution in [0.25, 0.3) is 0 Å². The number of carboxylic acid groups (broad SMARTS) is 2. The number of ether oxygens (including phenoxy) is 1. The van der Waals surface area contributed by atoms with Gasteiger partial charge in [-0.25, -0.2) is 4.79 Å². The molecule has 0 fully saturated rings. The number of hydrogen-bond donors (Lipinski definition) is 2. The van der Waals surface area contributed by atoms with Gasteiger partial charge in [0.2, 0.25) is 0 Å². The number of fused-ring (bicyclic) bond motifs is 1. The average molecular weight is 321 g/mol. The molecule has 1 atom stereocenters. The maximum absolute atomic E-state index is 9.53. The number of carbonyl (C=O) groups excluding carboxylic acids is 1. The van der Waals surface area contributed by atoms with Crippen molar-refractivity contribution in [2.24, 2.45) is 0 Å². The Balaban J connectivity index is 0.000000284. The first-order valence-electron chi connectivity index (χ1n) is 7.50. The zero-order chi connectivity index (χ0) is 17.4. The summed E-state index contributed by atoms with van der Waals surface area (Å²) in [5.41, 5.74) is 2.64. The Bertz CT molecular complexity index is 564. The zero-order valence-electron chi connectivity index (χ0n) is 13.6. The van der Waals surface area contributed by atoms with Gasteiger partial charge in [0.1, 0.15) is 12.3 Å². The minimum atomic E-state index is -1.51. The molecule has 3 N–H and O–H groups in total. The largest absolute Gasteiger partial charge is 0.545 e. The van der Waals surface area contributed by atoms with Crippen LogP contribution in [0.3, 0.4) is 0 Å². The molecule has 126 valence electrons. The molecule has 0 aliphatic carbocycles. The van der Waals surface area contributed by atoms with Crippen molar-refractivity contribution in [2.75, 3.05) is 6.54 Å². The molecule has 0 spiro atoms. The number of hydrogen-bond acceptors (Lipinski definition) is 4. The minimum Gasteiger partial charge on any atom is -0.545 e. The van der Waals surface area contributed by atoms with Gasteiger partial charge in [0, 0.05) is 12.5 Å². The molecule has 0 aromatic heterocycles. The van der Waals surface area contributed by atoms with Crippen LogP contribution >= 0.6 is 0 Å². The summed E-state index contributed by atoms with van der Waals surface area (Å²) in [6.45, 7) is 7.61. The summed E-state index contributed by atoms with van der Waals surface area (Å²) >= 11 is 0. The third-order valence-electron chi connectivity index (χ3n) is 3.26. The number of quaternary nitrogens is 1. The molecule has 0 radical (unpaired) electrons. The Morgan fingerprint density at radius 1 is 1.43 bits per heavy atom. The van der Waals surface area contributed by atoms with Crippen molar-refractivity contribution in [3.05, 3.63) is 41.5 Å². The van der Waals surface area contributed by atoms with Crippen LogP contribution in [0.15, 0.2) is 30.4 Å². The second-order valence-corrected chi connectivity index (χ2v) is 5.71. The van der Waals surface area contributed by atoms with E-state index in [4.69, 9.17) is 9.84 Å². The monoisotopic (exact) mass is 321 g/mol. The second kappa shape index (κ2) is 8.95. The molecule has 0 saturated heterocycles. The minimum absolute atomic E-state index is 0.364. The summed E-state index contributed by atoms with van der Waals surface area (Å²) in [7, 11) is 0. The van der Waals surface area contributed by atoms with E-state index in [-0.39, 0.29) is 0 Å². The van der Waals surface area contributed by atoms with Gasteiger partial charge in [-0.2, -0.15) is 0 Å². The van der Waals surface area contributed by atoms with E-state index in [1.165, 1.54) is 11.1 Å². The second-order valence-electron chi connectivity index (χ2n) is 5.71. The molecule has 0 bridgehead atoms. The number of para-hydroxylation sites is 1. The van der Waals surface area contributed by atoms with Crippen molar-refractivity contribution < 1.29 is 29.9 Å². The number of nitrogens with two attached hydrogens (primary N) is 1. The highest BCUT2D eigenvalue weighted by Crippen LogP contribution is 2.31. The summed E-state index contributed by atoms with van der Waals surface area (Å²) in [6, 6.07) is 7.07. The van der Waals surface area contributed by atoms with Gasteiger partial charge in [-0.15, -0.1) is 0 Å². The Kier molecular flexibility index (Phi) is 7.28. The van der Waals surface area contributed by atoms with Crippen LogP contribution in [0.2, 0.25) is 0 Å². The maximum atomic E-state index is 9.53. The molecule has 1 aliphatic heterocycles. The molecule has 0 amide bonds. The Hall–Kier alpha value is -2.34. The SMILES string of the molecule is Cc1cccc2c1OC(C[NH2+]C(C)C)C2.O=C([O-])/C=C\C(=O)O. The van der Waals surface area contributed by atoms with Crippen LogP contribution in [0.1, 0.15) is 25.0 Å². The molecule has 6 nitrogen and oxygen atoms in total. The summed E-state index contributed by atoms with van der Waals surface area (Å²) in [6.07, 6.45) is 2.38. The Morgan fingerprint density at radius 2 is 2.13 bits per heavy atom. The van der Waals surface area contributed by atoms with Crippen LogP contribution in [0.5, 0.6) is 5.75 Å². The van der Waals surface area contributed by atoms with E-state index in [2.05, 4.69) is 44.3 Å². The van der Waals surface area contributed by atoms with Crippen molar-refractivity contribution in [2.45, 2.75) is 39.3 Å². The number of aliphatic carboxylic acids is 2. The highest BCUT2D eigenvalue weighted by molar-refractivity contribution is 5.88. The fraction of sp³-hybridized carbons (Fsp3) is 0.412. The van der Waals surface area contributed by atoms with Gasteiger partial charge in [0.05, 0.1) is 12.0 Å². The third kappa shape index (κ3) is 6.97. The normalized spacial score (nSPS) is 15.7. The molecule has 1 aromatic rings. The maximum Gasteiger partial charge on any atom is 0.328 e. The van der Waals surface area contributed by atoms with Gasteiger partial charge in [-0.3, -0.25) is 0 Å². The lowest BCUT2D eigenvalue weighted by Crippen LogP contribution is -2.90. The van der Waals surface area contributed by atoms with Crippen LogP contribution < -0.4 is 15.2 Å². The van der Waals surface area contributed by atoms with E-state index < -0.39 is 11.9 Å². The zero-order valence-corrected chi connectivity index (χ0v) is 13.6. The first kappa shape index (κ1) is 18.7. The molecule has 1 heterocycles. The van der Waals surface area contributed by atoms with Crippen LogP contribution in [0.4, 0.5) is 0 Å². The molecule has 0 saturated carbocycles.